The van der Waals surface area contributed by atoms with Crippen LogP contribution in [0, 0.1) is 10.1 Å². The van der Waals surface area contributed by atoms with Crippen LogP contribution in [0.15, 0.2) is 42.5 Å². The molecule has 0 unspecified atom stereocenters. The van der Waals surface area contributed by atoms with E-state index >= 15 is 0 Å². The van der Waals surface area contributed by atoms with Crippen molar-refractivity contribution < 1.29 is 19.6 Å². The van der Waals surface area contributed by atoms with Gasteiger partial charge in [-0.3, -0.25) is 10.1 Å². The lowest BCUT2D eigenvalue weighted by Gasteiger charge is -2.29. The van der Waals surface area contributed by atoms with Crippen LogP contribution >= 0.6 is 0 Å². The van der Waals surface area contributed by atoms with Crippen molar-refractivity contribution in [3.8, 4) is 5.75 Å². The Hall–Kier alpha value is -3.35. The number of nitrogens with zero attached hydrogens (tertiary/aromatic N) is 1. The molecular weight excluding hydrogens is 324 g/mol. The van der Waals surface area contributed by atoms with Crippen molar-refractivity contribution in [2.24, 2.45) is 0 Å². The Balaban J connectivity index is 2.11. The van der Waals surface area contributed by atoms with Gasteiger partial charge < -0.3 is 15.2 Å². The van der Waals surface area contributed by atoms with Gasteiger partial charge in [-0.05, 0) is 44.2 Å². The first-order valence-electron chi connectivity index (χ1n) is 7.57. The molecule has 0 fully saturated rings. The maximum absolute atomic E-state index is 11.5. The van der Waals surface area contributed by atoms with Crippen molar-refractivity contribution in [3.63, 3.8) is 0 Å². The lowest BCUT2D eigenvalue weighted by molar-refractivity contribution is -0.383. The number of rotatable bonds is 4. The Morgan fingerprint density at radius 2 is 1.96 bits per heavy atom. The number of benzene rings is 2. The van der Waals surface area contributed by atoms with Gasteiger partial charge in [-0.2, -0.15) is 0 Å². The summed E-state index contributed by atoms with van der Waals surface area (Å²) in [6.07, 6.45) is 3.73. The summed E-state index contributed by atoms with van der Waals surface area (Å²) in [5, 5.41) is 23.6. The van der Waals surface area contributed by atoms with E-state index in [2.05, 4.69) is 5.32 Å². The quantitative estimate of drug-likeness (QED) is 0.638. The van der Waals surface area contributed by atoms with Crippen LogP contribution in [0.5, 0.6) is 5.75 Å². The number of para-hydroxylation sites is 1. The zero-order valence-corrected chi connectivity index (χ0v) is 13.6. The molecule has 0 spiro atoms. The predicted octanol–water partition coefficient (Wildman–Crippen LogP) is 4.22. The highest BCUT2D eigenvalue weighted by atomic mass is 16.6. The summed E-state index contributed by atoms with van der Waals surface area (Å²) in [6, 6.07) is 9.18. The number of carboxylic acid groups (broad SMARTS) is 1. The summed E-state index contributed by atoms with van der Waals surface area (Å²) < 4.78 is 5.88. The number of ether oxygens (including phenoxy) is 1. The van der Waals surface area contributed by atoms with E-state index in [4.69, 9.17) is 4.74 Å². The molecule has 25 heavy (non-hydrogen) atoms. The molecule has 0 aliphatic carbocycles. The molecule has 2 N–H and O–H groups in total. The van der Waals surface area contributed by atoms with E-state index in [1.165, 1.54) is 18.2 Å². The lowest BCUT2D eigenvalue weighted by atomic mass is 10.0. The normalized spacial score (nSPS) is 14.3. The maximum atomic E-state index is 11.5. The number of nitrogens with one attached hydrogen (secondary N) is 1. The van der Waals surface area contributed by atoms with Gasteiger partial charge in [-0.15, -0.1) is 0 Å². The standard InChI is InChI=1S/C18H16N2O5/c1-18(2)10-9-11-13(6-4-8-15(11)25-18)19-16-12(17(21)22)5-3-7-14(16)20(23)24/h3-10,19H,1-2H3,(H,21,22). The smallest absolute Gasteiger partial charge is 0.338 e. The summed E-state index contributed by atoms with van der Waals surface area (Å²) >= 11 is 0. The van der Waals surface area contributed by atoms with E-state index in [0.29, 0.717) is 17.0 Å². The first-order valence-corrected chi connectivity index (χ1v) is 7.57. The molecule has 0 saturated carbocycles. The summed E-state index contributed by atoms with van der Waals surface area (Å²) in [6.45, 7) is 3.83. The van der Waals surface area contributed by atoms with E-state index in [1.807, 2.05) is 26.0 Å². The molecular formula is C18H16N2O5. The van der Waals surface area contributed by atoms with Crippen LogP contribution in [-0.2, 0) is 0 Å². The van der Waals surface area contributed by atoms with Crippen LogP contribution in [-0.4, -0.2) is 21.6 Å². The number of carboxylic acids is 1. The molecule has 7 nitrogen and oxygen atoms in total. The first-order chi connectivity index (χ1) is 11.8. The summed E-state index contributed by atoms with van der Waals surface area (Å²) in [7, 11) is 0. The van der Waals surface area contributed by atoms with Gasteiger partial charge in [0.25, 0.3) is 5.69 Å². The molecule has 0 saturated heterocycles. The topological polar surface area (TPSA) is 102 Å². The highest BCUT2D eigenvalue weighted by Crippen LogP contribution is 2.39. The third-order valence-corrected chi connectivity index (χ3v) is 3.82. The Morgan fingerprint density at radius 3 is 2.64 bits per heavy atom. The second kappa shape index (κ2) is 5.94. The Kier molecular flexibility index (Phi) is 3.92. The molecule has 2 aromatic rings. The van der Waals surface area contributed by atoms with Gasteiger partial charge in [0.2, 0.25) is 0 Å². The van der Waals surface area contributed by atoms with Gasteiger partial charge in [0.05, 0.1) is 10.5 Å². The van der Waals surface area contributed by atoms with E-state index < -0.39 is 16.5 Å². The fourth-order valence-corrected chi connectivity index (χ4v) is 2.65. The van der Waals surface area contributed by atoms with Crippen LogP contribution in [0.1, 0.15) is 29.8 Å². The average Bonchev–Trinajstić information content (AvgIpc) is 2.53. The molecule has 0 bridgehead atoms. The predicted molar refractivity (Wildman–Crippen MR) is 93.5 cm³/mol. The number of nitro benzene ring substituents is 1. The van der Waals surface area contributed by atoms with E-state index in [0.717, 1.165) is 0 Å². The summed E-state index contributed by atoms with van der Waals surface area (Å²) in [5.41, 5.74) is 0.228. The minimum absolute atomic E-state index is 0.0633. The van der Waals surface area contributed by atoms with E-state index in [9.17, 15) is 20.0 Å². The van der Waals surface area contributed by atoms with Crippen molar-refractivity contribution in [3.05, 3.63) is 63.7 Å². The Labute approximate surface area is 143 Å². The van der Waals surface area contributed by atoms with Crippen LogP contribution in [0.4, 0.5) is 17.1 Å². The number of anilines is 2. The first kappa shape index (κ1) is 16.5. The number of fused-ring (bicyclic) bond motifs is 1. The van der Waals surface area contributed by atoms with Gasteiger partial charge in [0.15, 0.2) is 0 Å². The number of hydrogen-bond acceptors (Lipinski definition) is 5. The summed E-state index contributed by atoms with van der Waals surface area (Å²) in [4.78, 5) is 22.1. The highest BCUT2D eigenvalue weighted by Gasteiger charge is 2.25. The van der Waals surface area contributed by atoms with Crippen molar-refractivity contribution in [1.82, 2.24) is 0 Å². The number of hydrogen-bond donors (Lipinski definition) is 2. The second-order valence-electron chi connectivity index (χ2n) is 6.14. The van der Waals surface area contributed by atoms with E-state index in [-0.39, 0.29) is 16.9 Å². The lowest BCUT2D eigenvalue weighted by Crippen LogP contribution is -2.27. The van der Waals surface area contributed by atoms with Gasteiger partial charge >= 0.3 is 5.97 Å². The van der Waals surface area contributed by atoms with E-state index in [1.54, 1.807) is 18.2 Å². The molecule has 1 heterocycles. The minimum atomic E-state index is -1.25. The molecule has 7 heteroatoms. The molecule has 0 radical (unpaired) electrons. The van der Waals surface area contributed by atoms with Crippen LogP contribution < -0.4 is 10.1 Å². The fraction of sp³-hybridized carbons (Fsp3) is 0.167. The zero-order chi connectivity index (χ0) is 18.2. The molecule has 1 aliphatic heterocycles. The van der Waals surface area contributed by atoms with Gasteiger partial charge in [0.1, 0.15) is 17.0 Å². The van der Waals surface area contributed by atoms with Gasteiger partial charge in [-0.25, -0.2) is 4.79 Å². The maximum Gasteiger partial charge on any atom is 0.338 e. The third-order valence-electron chi connectivity index (χ3n) is 3.82. The van der Waals surface area contributed by atoms with Crippen molar-refractivity contribution >= 4 is 29.1 Å². The number of carbonyl (C=O) groups is 1. The fourth-order valence-electron chi connectivity index (χ4n) is 2.65. The monoisotopic (exact) mass is 340 g/mol. The second-order valence-corrected chi connectivity index (χ2v) is 6.14. The molecule has 0 atom stereocenters. The SMILES string of the molecule is CC1(C)C=Cc2c(Nc3c(C(=O)O)cccc3[N+](=O)[O-])cccc2O1. The van der Waals surface area contributed by atoms with Crippen molar-refractivity contribution in [2.75, 3.05) is 5.32 Å². The van der Waals surface area contributed by atoms with Gasteiger partial charge in [-0.1, -0.05) is 12.1 Å². The minimum Gasteiger partial charge on any atom is -0.483 e. The van der Waals surface area contributed by atoms with Crippen LogP contribution in [0.3, 0.4) is 0 Å². The van der Waals surface area contributed by atoms with Gasteiger partial charge in [0, 0.05) is 17.3 Å². The highest BCUT2D eigenvalue weighted by molar-refractivity contribution is 5.98. The molecule has 128 valence electrons. The van der Waals surface area contributed by atoms with Crippen molar-refractivity contribution in [1.29, 1.82) is 0 Å². The zero-order valence-electron chi connectivity index (χ0n) is 13.6. The molecule has 2 aromatic carbocycles. The molecule has 0 amide bonds. The summed E-state index contributed by atoms with van der Waals surface area (Å²) in [5.74, 6) is -0.628. The third kappa shape index (κ3) is 3.16. The Bertz CT molecular complexity index is 870. The molecule has 1 aliphatic rings. The van der Waals surface area contributed by atoms with Crippen molar-refractivity contribution in [2.45, 2.75) is 19.4 Å². The largest absolute Gasteiger partial charge is 0.483 e. The van der Waals surface area contributed by atoms with Crippen LogP contribution in [0.25, 0.3) is 6.08 Å². The van der Waals surface area contributed by atoms with Crippen LogP contribution in [0.2, 0.25) is 0 Å². The number of nitro groups is 1. The Morgan fingerprint density at radius 1 is 1.24 bits per heavy atom. The molecule has 3 rings (SSSR count). The number of aromatic carboxylic acids is 1. The molecule has 0 aromatic heterocycles. The average molecular weight is 340 g/mol.